The minimum Gasteiger partial charge on any atom is -0.472 e. The molecule has 0 spiro atoms. The van der Waals surface area contributed by atoms with E-state index >= 15 is 0 Å². The number of Topliss-reactive ketones (excluding diaryl/α,β-unsaturated/α-hetero) is 1. The van der Waals surface area contributed by atoms with Crippen LogP contribution in [0.4, 0.5) is 21.5 Å². The average Bonchev–Trinajstić information content (AvgIpc) is 3.16. The van der Waals surface area contributed by atoms with E-state index in [4.69, 9.17) is 4.42 Å². The number of halogens is 1. The maximum absolute atomic E-state index is 14.1. The van der Waals surface area contributed by atoms with Crippen molar-refractivity contribution in [2.45, 2.75) is 25.7 Å². The van der Waals surface area contributed by atoms with Crippen molar-refractivity contribution in [1.29, 1.82) is 0 Å². The fourth-order valence-corrected chi connectivity index (χ4v) is 3.34. The van der Waals surface area contributed by atoms with Gasteiger partial charge in [0.1, 0.15) is 12.1 Å². The zero-order valence-corrected chi connectivity index (χ0v) is 15.1. The van der Waals surface area contributed by atoms with Gasteiger partial charge in [0.25, 0.3) is 5.91 Å². The second-order valence-electron chi connectivity index (χ2n) is 6.79. The molecule has 0 saturated heterocycles. The van der Waals surface area contributed by atoms with Gasteiger partial charge in [0.2, 0.25) is 0 Å². The van der Waals surface area contributed by atoms with Crippen LogP contribution in [0, 0.1) is 5.82 Å². The number of ketones is 1. The Morgan fingerprint density at radius 1 is 1.00 bits per heavy atom. The molecule has 1 aromatic heterocycles. The number of rotatable bonds is 4. The molecule has 1 amide bonds. The molecule has 0 aliphatic heterocycles. The van der Waals surface area contributed by atoms with Crippen molar-refractivity contribution in [3.8, 4) is 0 Å². The lowest BCUT2D eigenvalue weighted by atomic mass is 10.0. The molecular weight excluding hydrogens is 359 g/mol. The number of carbonyl (C=O) groups is 2. The molecule has 0 radical (unpaired) electrons. The molecule has 28 heavy (non-hydrogen) atoms. The first-order valence-electron chi connectivity index (χ1n) is 9.16. The molecule has 1 aliphatic carbocycles. The van der Waals surface area contributed by atoms with Crippen molar-refractivity contribution < 1.29 is 18.4 Å². The van der Waals surface area contributed by atoms with Crippen LogP contribution in [-0.2, 0) is 6.42 Å². The van der Waals surface area contributed by atoms with Gasteiger partial charge in [0.15, 0.2) is 5.78 Å². The van der Waals surface area contributed by atoms with Gasteiger partial charge in [-0.3, -0.25) is 9.59 Å². The first-order valence-corrected chi connectivity index (χ1v) is 9.16. The molecule has 142 valence electrons. The summed E-state index contributed by atoms with van der Waals surface area (Å²) in [6.45, 7) is 0. The zero-order valence-electron chi connectivity index (χ0n) is 15.1. The summed E-state index contributed by atoms with van der Waals surface area (Å²) in [6, 6.07) is 11.6. The van der Waals surface area contributed by atoms with Gasteiger partial charge in [-0.15, -0.1) is 0 Å². The van der Waals surface area contributed by atoms with E-state index < -0.39 is 11.7 Å². The van der Waals surface area contributed by atoms with E-state index in [0.717, 1.165) is 36.1 Å². The summed E-state index contributed by atoms with van der Waals surface area (Å²) in [5, 5.41) is 5.76. The van der Waals surface area contributed by atoms with Gasteiger partial charge in [0, 0.05) is 23.4 Å². The summed E-state index contributed by atoms with van der Waals surface area (Å²) in [4.78, 5) is 24.3. The number of furan rings is 1. The van der Waals surface area contributed by atoms with Gasteiger partial charge >= 0.3 is 0 Å². The van der Waals surface area contributed by atoms with Crippen LogP contribution >= 0.6 is 0 Å². The number of fused-ring (bicyclic) bond motifs is 1. The number of hydrogen-bond acceptors (Lipinski definition) is 4. The van der Waals surface area contributed by atoms with Crippen molar-refractivity contribution >= 4 is 28.8 Å². The molecule has 5 nitrogen and oxygen atoms in total. The lowest BCUT2D eigenvalue weighted by Crippen LogP contribution is -2.12. The Bertz CT molecular complexity index is 1030. The number of anilines is 3. The van der Waals surface area contributed by atoms with Crippen LogP contribution in [0.1, 0.15) is 45.5 Å². The molecule has 0 fully saturated rings. The number of benzene rings is 2. The van der Waals surface area contributed by atoms with Crippen LogP contribution in [0.15, 0.2) is 59.4 Å². The predicted molar refractivity (Wildman–Crippen MR) is 105 cm³/mol. The second kappa shape index (κ2) is 7.68. The summed E-state index contributed by atoms with van der Waals surface area (Å²) in [5.41, 5.74) is 3.64. The standard InChI is InChI=1S/C22H19FN2O3/c23-19-8-6-17(12-20(19)25-22(27)15-9-10-28-13-15)24-16-5-7-18-14(11-16)3-1-2-4-21(18)26/h5-13,24H,1-4H2,(H,25,27). The molecule has 0 bridgehead atoms. The van der Waals surface area contributed by atoms with Crippen LogP contribution in [0.3, 0.4) is 0 Å². The Kier molecular flexibility index (Phi) is 4.93. The van der Waals surface area contributed by atoms with Crippen LogP contribution in [0.25, 0.3) is 0 Å². The summed E-state index contributed by atoms with van der Waals surface area (Å²) in [5.74, 6) is -0.798. The molecule has 0 unspecified atom stereocenters. The average molecular weight is 378 g/mol. The molecule has 3 aromatic rings. The van der Waals surface area contributed by atoms with Gasteiger partial charge in [-0.2, -0.15) is 0 Å². The number of amides is 1. The summed E-state index contributed by atoms with van der Waals surface area (Å²) in [6.07, 6.45) is 6.04. The number of carbonyl (C=O) groups excluding carboxylic acids is 2. The fourth-order valence-electron chi connectivity index (χ4n) is 3.34. The van der Waals surface area contributed by atoms with Crippen molar-refractivity contribution in [1.82, 2.24) is 0 Å². The van der Waals surface area contributed by atoms with Crippen molar-refractivity contribution in [3.63, 3.8) is 0 Å². The van der Waals surface area contributed by atoms with Crippen LogP contribution < -0.4 is 10.6 Å². The highest BCUT2D eigenvalue weighted by Gasteiger charge is 2.16. The minimum absolute atomic E-state index is 0.0705. The quantitative estimate of drug-likeness (QED) is 0.603. The highest BCUT2D eigenvalue weighted by molar-refractivity contribution is 6.04. The summed E-state index contributed by atoms with van der Waals surface area (Å²) < 4.78 is 19.0. The molecule has 6 heteroatoms. The van der Waals surface area contributed by atoms with Crippen LogP contribution in [0.2, 0.25) is 0 Å². The Labute approximate surface area is 161 Å². The largest absolute Gasteiger partial charge is 0.472 e. The van der Waals surface area contributed by atoms with Gasteiger partial charge in [0.05, 0.1) is 17.5 Å². The van der Waals surface area contributed by atoms with E-state index in [2.05, 4.69) is 10.6 Å². The summed E-state index contributed by atoms with van der Waals surface area (Å²) in [7, 11) is 0. The molecule has 2 N–H and O–H groups in total. The molecule has 0 atom stereocenters. The SMILES string of the molecule is O=C(Nc1cc(Nc2ccc3c(c2)CCCCC3=O)ccc1F)c1ccoc1. The molecule has 1 aliphatic rings. The topological polar surface area (TPSA) is 71.3 Å². The summed E-state index contributed by atoms with van der Waals surface area (Å²) >= 11 is 0. The van der Waals surface area contributed by atoms with Crippen molar-refractivity contribution in [3.05, 3.63) is 77.5 Å². The minimum atomic E-state index is -0.532. The maximum Gasteiger partial charge on any atom is 0.258 e. The van der Waals surface area contributed by atoms with E-state index in [0.29, 0.717) is 17.7 Å². The lowest BCUT2D eigenvalue weighted by molar-refractivity contribution is 0.0980. The normalized spacial score (nSPS) is 13.5. The molecular formula is C22H19FN2O3. The zero-order chi connectivity index (χ0) is 19.5. The van der Waals surface area contributed by atoms with E-state index in [1.807, 2.05) is 18.2 Å². The highest BCUT2D eigenvalue weighted by atomic mass is 19.1. The third-order valence-electron chi connectivity index (χ3n) is 4.79. The fraction of sp³-hybridized carbons (Fsp3) is 0.182. The third kappa shape index (κ3) is 3.81. The lowest BCUT2D eigenvalue weighted by Gasteiger charge is -2.12. The van der Waals surface area contributed by atoms with Crippen LogP contribution in [0.5, 0.6) is 0 Å². The van der Waals surface area contributed by atoms with E-state index in [1.165, 1.54) is 30.7 Å². The first kappa shape index (κ1) is 18.0. The number of nitrogens with one attached hydrogen (secondary N) is 2. The van der Waals surface area contributed by atoms with Gasteiger partial charge in [-0.1, -0.05) is 0 Å². The van der Waals surface area contributed by atoms with E-state index in [1.54, 1.807) is 6.07 Å². The van der Waals surface area contributed by atoms with Gasteiger partial charge < -0.3 is 15.1 Å². The van der Waals surface area contributed by atoms with E-state index in [-0.39, 0.29) is 11.5 Å². The van der Waals surface area contributed by atoms with Gasteiger partial charge in [-0.05, 0) is 67.3 Å². The monoisotopic (exact) mass is 378 g/mol. The molecule has 2 aromatic carbocycles. The molecule has 1 heterocycles. The van der Waals surface area contributed by atoms with Crippen LogP contribution in [-0.4, -0.2) is 11.7 Å². The molecule has 0 saturated carbocycles. The Hall–Kier alpha value is -3.41. The molecule has 4 rings (SSSR count). The van der Waals surface area contributed by atoms with Gasteiger partial charge in [-0.25, -0.2) is 4.39 Å². The number of aryl methyl sites for hydroxylation is 1. The second-order valence-corrected chi connectivity index (χ2v) is 6.79. The Balaban J connectivity index is 1.55. The maximum atomic E-state index is 14.1. The van der Waals surface area contributed by atoms with Crippen molar-refractivity contribution in [2.75, 3.05) is 10.6 Å². The first-order chi connectivity index (χ1) is 13.6. The Morgan fingerprint density at radius 3 is 2.61 bits per heavy atom. The smallest absolute Gasteiger partial charge is 0.258 e. The Morgan fingerprint density at radius 2 is 1.79 bits per heavy atom. The number of hydrogen-bond donors (Lipinski definition) is 2. The third-order valence-corrected chi connectivity index (χ3v) is 4.79. The van der Waals surface area contributed by atoms with E-state index in [9.17, 15) is 14.0 Å². The predicted octanol–water partition coefficient (Wildman–Crippen LogP) is 5.32. The highest BCUT2D eigenvalue weighted by Crippen LogP contribution is 2.27. The van der Waals surface area contributed by atoms with Crippen molar-refractivity contribution in [2.24, 2.45) is 0 Å².